The molecule has 2 bridgehead atoms. The van der Waals surface area contributed by atoms with Crippen LogP contribution < -0.4 is 10.6 Å². The van der Waals surface area contributed by atoms with Crippen molar-refractivity contribution in [2.45, 2.75) is 31.4 Å². The van der Waals surface area contributed by atoms with Crippen LogP contribution in [0.15, 0.2) is 30.3 Å². The average Bonchev–Trinajstić information content (AvgIpc) is 2.31. The Hall–Kier alpha value is -1.55. The van der Waals surface area contributed by atoms with Gasteiger partial charge in [0, 0.05) is 5.54 Å². The van der Waals surface area contributed by atoms with Crippen molar-refractivity contribution in [3.8, 4) is 0 Å². The monoisotopic (exact) mass is 272 g/mol. The summed E-state index contributed by atoms with van der Waals surface area (Å²) in [4.78, 5) is 11.9. The van der Waals surface area contributed by atoms with Crippen LogP contribution in [0.2, 0.25) is 0 Å². The standard InChI is InChI=1S/C16H20N2O2/c19-14(20-8-12-4-2-1-3-5-12)18-16-9-15(10-16,11-16)13-6-17-7-13/h1-5,13,17H,6-11H2,(H,18,19). The number of ether oxygens (including phenoxy) is 1. The molecule has 4 nitrogen and oxygen atoms in total. The second-order valence-electron chi connectivity index (χ2n) is 6.71. The van der Waals surface area contributed by atoms with Crippen LogP contribution in [-0.2, 0) is 11.3 Å². The van der Waals surface area contributed by atoms with Crippen LogP contribution in [0.3, 0.4) is 0 Å². The van der Waals surface area contributed by atoms with Gasteiger partial charge in [-0.3, -0.25) is 0 Å². The molecule has 1 amide bonds. The zero-order valence-corrected chi connectivity index (χ0v) is 11.5. The Morgan fingerprint density at radius 1 is 1.25 bits per heavy atom. The lowest BCUT2D eigenvalue weighted by Gasteiger charge is -2.74. The molecular formula is C16H20N2O2. The van der Waals surface area contributed by atoms with Gasteiger partial charge in [-0.2, -0.15) is 0 Å². The highest BCUT2D eigenvalue weighted by Crippen LogP contribution is 2.71. The van der Waals surface area contributed by atoms with Crippen LogP contribution in [0.25, 0.3) is 0 Å². The predicted molar refractivity (Wildman–Crippen MR) is 75.1 cm³/mol. The molecule has 1 aromatic rings. The fraction of sp³-hybridized carbons (Fsp3) is 0.562. The molecule has 2 N–H and O–H groups in total. The van der Waals surface area contributed by atoms with Crippen LogP contribution >= 0.6 is 0 Å². The number of nitrogens with one attached hydrogen (secondary N) is 2. The van der Waals surface area contributed by atoms with Gasteiger partial charge in [0.1, 0.15) is 6.61 Å². The zero-order valence-electron chi connectivity index (χ0n) is 11.5. The van der Waals surface area contributed by atoms with E-state index in [-0.39, 0.29) is 11.6 Å². The molecule has 0 atom stereocenters. The molecule has 3 aliphatic carbocycles. The summed E-state index contributed by atoms with van der Waals surface area (Å²) in [6.07, 6.45) is 3.17. The summed E-state index contributed by atoms with van der Waals surface area (Å²) in [5.41, 5.74) is 1.62. The van der Waals surface area contributed by atoms with Gasteiger partial charge in [0.25, 0.3) is 0 Å². The van der Waals surface area contributed by atoms with E-state index in [1.165, 1.54) is 0 Å². The molecule has 0 unspecified atom stereocenters. The fourth-order valence-electron chi connectivity index (χ4n) is 4.13. The minimum Gasteiger partial charge on any atom is -0.445 e. The molecule has 1 aliphatic heterocycles. The molecule has 20 heavy (non-hydrogen) atoms. The molecule has 0 radical (unpaired) electrons. The first-order chi connectivity index (χ1) is 9.70. The van der Waals surface area contributed by atoms with Crippen molar-refractivity contribution in [1.29, 1.82) is 0 Å². The van der Waals surface area contributed by atoms with Gasteiger partial charge in [-0.05, 0) is 49.2 Å². The van der Waals surface area contributed by atoms with Crippen molar-refractivity contribution >= 4 is 6.09 Å². The Balaban J connectivity index is 1.24. The summed E-state index contributed by atoms with van der Waals surface area (Å²) >= 11 is 0. The Morgan fingerprint density at radius 3 is 2.55 bits per heavy atom. The van der Waals surface area contributed by atoms with Crippen LogP contribution in [-0.4, -0.2) is 24.7 Å². The second-order valence-corrected chi connectivity index (χ2v) is 6.71. The van der Waals surface area contributed by atoms with Gasteiger partial charge in [0.2, 0.25) is 0 Å². The summed E-state index contributed by atoms with van der Waals surface area (Å²) in [6.45, 7) is 2.67. The topological polar surface area (TPSA) is 50.4 Å². The summed E-state index contributed by atoms with van der Waals surface area (Å²) < 4.78 is 5.30. The number of amides is 1. The lowest BCUT2D eigenvalue weighted by Crippen LogP contribution is -2.79. The van der Waals surface area contributed by atoms with Crippen molar-refractivity contribution in [3.63, 3.8) is 0 Å². The number of carbonyl (C=O) groups excluding carboxylic acids is 1. The van der Waals surface area contributed by atoms with Gasteiger partial charge >= 0.3 is 6.09 Å². The average molecular weight is 272 g/mol. The van der Waals surface area contributed by atoms with Crippen molar-refractivity contribution in [2.24, 2.45) is 11.3 Å². The third-order valence-corrected chi connectivity index (χ3v) is 5.30. The first-order valence-corrected chi connectivity index (χ1v) is 7.39. The van der Waals surface area contributed by atoms with E-state index in [1.807, 2.05) is 30.3 Å². The molecule has 0 spiro atoms. The predicted octanol–water partition coefficient (Wildman–Crippen LogP) is 2.05. The van der Waals surface area contributed by atoms with Gasteiger partial charge in [0.05, 0.1) is 0 Å². The van der Waals surface area contributed by atoms with E-state index in [4.69, 9.17) is 4.74 Å². The quantitative estimate of drug-likeness (QED) is 0.882. The van der Waals surface area contributed by atoms with E-state index in [0.29, 0.717) is 12.0 Å². The van der Waals surface area contributed by atoms with Crippen LogP contribution in [0.4, 0.5) is 4.79 Å². The maximum atomic E-state index is 11.9. The second kappa shape index (κ2) is 4.22. The number of hydrogen-bond donors (Lipinski definition) is 2. The molecular weight excluding hydrogens is 252 g/mol. The molecule has 1 aromatic carbocycles. The smallest absolute Gasteiger partial charge is 0.407 e. The summed E-state index contributed by atoms with van der Waals surface area (Å²) in [7, 11) is 0. The summed E-state index contributed by atoms with van der Waals surface area (Å²) in [5.74, 6) is 0.839. The van der Waals surface area contributed by atoms with Crippen LogP contribution in [0, 0.1) is 11.3 Å². The molecule has 0 aromatic heterocycles. The Morgan fingerprint density at radius 2 is 1.95 bits per heavy atom. The molecule has 3 saturated carbocycles. The van der Waals surface area contributed by atoms with E-state index in [2.05, 4.69) is 10.6 Å². The first kappa shape index (κ1) is 12.2. The van der Waals surface area contributed by atoms with E-state index in [9.17, 15) is 4.79 Å². The van der Waals surface area contributed by atoms with Gasteiger partial charge < -0.3 is 15.4 Å². The Kier molecular flexibility index (Phi) is 2.58. The van der Waals surface area contributed by atoms with E-state index < -0.39 is 0 Å². The minimum absolute atomic E-state index is 0.0589. The Labute approximate surface area is 118 Å². The molecule has 4 heteroatoms. The number of alkyl carbamates (subject to hydrolysis) is 1. The highest BCUT2D eigenvalue weighted by Gasteiger charge is 2.71. The van der Waals surface area contributed by atoms with Gasteiger partial charge in [-0.15, -0.1) is 0 Å². The maximum Gasteiger partial charge on any atom is 0.407 e. The van der Waals surface area contributed by atoms with Gasteiger partial charge in [-0.25, -0.2) is 4.79 Å². The van der Waals surface area contributed by atoms with E-state index >= 15 is 0 Å². The van der Waals surface area contributed by atoms with Crippen LogP contribution in [0.5, 0.6) is 0 Å². The van der Waals surface area contributed by atoms with Crippen molar-refractivity contribution in [3.05, 3.63) is 35.9 Å². The van der Waals surface area contributed by atoms with Crippen molar-refractivity contribution in [1.82, 2.24) is 10.6 Å². The number of benzene rings is 1. The van der Waals surface area contributed by atoms with E-state index in [0.717, 1.165) is 43.8 Å². The molecule has 1 saturated heterocycles. The first-order valence-electron chi connectivity index (χ1n) is 7.39. The maximum absolute atomic E-state index is 11.9. The SMILES string of the molecule is O=C(NC12CC(C3CNC3)(C1)C2)OCc1ccccc1. The van der Waals surface area contributed by atoms with E-state index in [1.54, 1.807) is 0 Å². The third kappa shape index (κ3) is 1.82. The normalized spacial score (nSPS) is 34.4. The lowest BCUT2D eigenvalue weighted by molar-refractivity contribution is -0.196. The molecule has 4 aliphatic rings. The third-order valence-electron chi connectivity index (χ3n) is 5.30. The minimum atomic E-state index is -0.270. The van der Waals surface area contributed by atoms with Crippen LogP contribution in [0.1, 0.15) is 24.8 Å². The highest BCUT2D eigenvalue weighted by molar-refractivity contribution is 5.69. The largest absolute Gasteiger partial charge is 0.445 e. The number of carbonyl (C=O) groups is 1. The summed E-state index contributed by atoms with van der Waals surface area (Å²) in [6, 6.07) is 9.79. The van der Waals surface area contributed by atoms with Crippen molar-refractivity contribution < 1.29 is 9.53 Å². The number of hydrogen-bond acceptors (Lipinski definition) is 3. The Bertz CT molecular complexity index is 505. The summed E-state index contributed by atoms with van der Waals surface area (Å²) in [5, 5.41) is 6.42. The molecule has 106 valence electrons. The molecule has 5 rings (SSSR count). The van der Waals surface area contributed by atoms with Gasteiger partial charge in [0.15, 0.2) is 0 Å². The molecule has 1 heterocycles. The van der Waals surface area contributed by atoms with Crippen molar-refractivity contribution in [2.75, 3.05) is 13.1 Å². The molecule has 4 fully saturated rings. The van der Waals surface area contributed by atoms with Gasteiger partial charge in [-0.1, -0.05) is 30.3 Å². The zero-order chi connectivity index (χ0) is 13.6. The fourth-order valence-corrected chi connectivity index (χ4v) is 4.13. The lowest BCUT2D eigenvalue weighted by atomic mass is 9.35. The highest BCUT2D eigenvalue weighted by atomic mass is 16.5. The number of rotatable bonds is 4.